The number of ketones is 1. The Bertz CT molecular complexity index is 754. The highest BCUT2D eigenvalue weighted by Crippen LogP contribution is 2.21. The number of carbonyl (C=O) groups is 1. The lowest BCUT2D eigenvalue weighted by molar-refractivity contribution is 0.101. The zero-order valence-electron chi connectivity index (χ0n) is 12.1. The molecule has 0 fully saturated rings. The average Bonchev–Trinajstić information content (AvgIpc) is 2.37. The van der Waals surface area contributed by atoms with Gasteiger partial charge in [-0.05, 0) is 56.2 Å². The molecule has 21 heavy (non-hydrogen) atoms. The molecular weight excluding hydrogens is 288 g/mol. The van der Waals surface area contributed by atoms with Crippen LogP contribution in [0.25, 0.3) is 0 Å². The smallest absolute Gasteiger partial charge is 0.339 e. The summed E-state index contributed by atoms with van der Waals surface area (Å²) in [5.41, 5.74) is 2.31. The van der Waals surface area contributed by atoms with E-state index in [2.05, 4.69) is 0 Å². The molecule has 0 amide bonds. The molecular formula is C16H16O4S. The van der Waals surface area contributed by atoms with Crippen LogP contribution in [0.1, 0.15) is 28.4 Å². The van der Waals surface area contributed by atoms with E-state index in [1.54, 1.807) is 12.1 Å². The number of hydrogen-bond acceptors (Lipinski definition) is 4. The minimum atomic E-state index is -3.90. The summed E-state index contributed by atoms with van der Waals surface area (Å²) in [6.45, 7) is 5.16. The van der Waals surface area contributed by atoms with Crippen LogP contribution in [0.15, 0.2) is 47.4 Å². The van der Waals surface area contributed by atoms with E-state index >= 15 is 0 Å². The molecule has 0 saturated heterocycles. The Kier molecular flexibility index (Phi) is 4.14. The number of aryl methyl sites for hydroxylation is 2. The molecule has 0 unspecified atom stereocenters. The normalized spacial score (nSPS) is 11.2. The molecule has 0 spiro atoms. The van der Waals surface area contributed by atoms with Crippen LogP contribution in [0.2, 0.25) is 0 Å². The van der Waals surface area contributed by atoms with Gasteiger partial charge in [0.15, 0.2) is 5.78 Å². The third kappa shape index (κ3) is 3.70. The SMILES string of the molecule is CC(=O)c1ccc(S(=O)(=O)Oc2cc(C)cc(C)c2)cc1. The van der Waals surface area contributed by atoms with Crippen molar-refractivity contribution in [3.63, 3.8) is 0 Å². The van der Waals surface area contributed by atoms with Gasteiger partial charge < -0.3 is 4.18 Å². The summed E-state index contributed by atoms with van der Waals surface area (Å²) >= 11 is 0. The average molecular weight is 304 g/mol. The van der Waals surface area contributed by atoms with Crippen molar-refractivity contribution in [3.05, 3.63) is 59.2 Å². The molecule has 0 saturated carbocycles. The Morgan fingerprint density at radius 3 is 1.95 bits per heavy atom. The van der Waals surface area contributed by atoms with Gasteiger partial charge in [-0.25, -0.2) is 0 Å². The van der Waals surface area contributed by atoms with Crippen molar-refractivity contribution in [2.45, 2.75) is 25.7 Å². The molecule has 2 rings (SSSR count). The quantitative estimate of drug-likeness (QED) is 0.642. The molecule has 5 heteroatoms. The van der Waals surface area contributed by atoms with E-state index in [-0.39, 0.29) is 16.4 Å². The Labute approximate surface area is 124 Å². The highest BCUT2D eigenvalue weighted by atomic mass is 32.2. The van der Waals surface area contributed by atoms with Gasteiger partial charge in [0.25, 0.3) is 0 Å². The standard InChI is InChI=1S/C16H16O4S/c1-11-8-12(2)10-15(9-11)20-21(18,19)16-6-4-14(5-7-16)13(3)17/h4-10H,1-3H3. The third-order valence-electron chi connectivity index (χ3n) is 2.95. The maximum atomic E-state index is 12.2. The summed E-state index contributed by atoms with van der Waals surface area (Å²) < 4.78 is 29.5. The lowest BCUT2D eigenvalue weighted by Gasteiger charge is -2.09. The molecule has 0 heterocycles. The van der Waals surface area contributed by atoms with E-state index in [9.17, 15) is 13.2 Å². The monoisotopic (exact) mass is 304 g/mol. The minimum Gasteiger partial charge on any atom is -0.379 e. The number of rotatable bonds is 4. The van der Waals surface area contributed by atoms with Crippen molar-refractivity contribution in [1.82, 2.24) is 0 Å². The molecule has 0 aliphatic heterocycles. The van der Waals surface area contributed by atoms with Crippen LogP contribution in [0.4, 0.5) is 0 Å². The lowest BCUT2D eigenvalue weighted by Crippen LogP contribution is -2.10. The zero-order chi connectivity index (χ0) is 15.6. The second-order valence-corrected chi connectivity index (χ2v) is 6.49. The molecule has 0 bridgehead atoms. The van der Waals surface area contributed by atoms with Crippen molar-refractivity contribution >= 4 is 15.9 Å². The first-order valence-corrected chi connectivity index (χ1v) is 7.82. The third-order valence-corrected chi connectivity index (χ3v) is 4.21. The Morgan fingerprint density at radius 2 is 1.48 bits per heavy atom. The highest BCUT2D eigenvalue weighted by molar-refractivity contribution is 7.87. The first-order valence-electron chi connectivity index (χ1n) is 6.42. The van der Waals surface area contributed by atoms with Crippen LogP contribution in [0.3, 0.4) is 0 Å². The van der Waals surface area contributed by atoms with Crippen molar-refractivity contribution in [2.75, 3.05) is 0 Å². The first-order chi connectivity index (χ1) is 9.78. The van der Waals surface area contributed by atoms with Crippen molar-refractivity contribution in [3.8, 4) is 5.75 Å². The van der Waals surface area contributed by atoms with Crippen molar-refractivity contribution < 1.29 is 17.4 Å². The Balaban J connectivity index is 2.31. The Morgan fingerprint density at radius 1 is 0.952 bits per heavy atom. The minimum absolute atomic E-state index is 0.0201. The van der Waals surface area contributed by atoms with Gasteiger partial charge in [0, 0.05) is 5.56 Å². The Hall–Kier alpha value is -2.14. The van der Waals surface area contributed by atoms with Gasteiger partial charge in [-0.3, -0.25) is 4.79 Å². The van der Waals surface area contributed by atoms with E-state index < -0.39 is 10.1 Å². The van der Waals surface area contributed by atoms with E-state index in [0.29, 0.717) is 5.56 Å². The zero-order valence-corrected chi connectivity index (χ0v) is 12.9. The fraction of sp³-hybridized carbons (Fsp3) is 0.188. The van der Waals surface area contributed by atoms with Crippen LogP contribution in [0, 0.1) is 13.8 Å². The molecule has 2 aromatic rings. The van der Waals surface area contributed by atoms with Gasteiger partial charge >= 0.3 is 10.1 Å². The maximum absolute atomic E-state index is 12.2. The van der Waals surface area contributed by atoms with Gasteiger partial charge in [-0.1, -0.05) is 18.2 Å². The second-order valence-electron chi connectivity index (χ2n) is 4.94. The molecule has 0 atom stereocenters. The van der Waals surface area contributed by atoms with E-state index in [1.807, 2.05) is 19.9 Å². The molecule has 0 aliphatic carbocycles. The summed E-state index contributed by atoms with van der Waals surface area (Å²) in [5, 5.41) is 0. The summed E-state index contributed by atoms with van der Waals surface area (Å²) in [6, 6.07) is 10.9. The molecule has 2 aromatic carbocycles. The molecule has 0 aromatic heterocycles. The first kappa shape index (κ1) is 15.3. The van der Waals surface area contributed by atoms with Crippen LogP contribution >= 0.6 is 0 Å². The van der Waals surface area contributed by atoms with Crippen LogP contribution in [-0.2, 0) is 10.1 Å². The number of hydrogen-bond donors (Lipinski definition) is 0. The lowest BCUT2D eigenvalue weighted by atomic mass is 10.1. The van der Waals surface area contributed by atoms with E-state index in [4.69, 9.17) is 4.18 Å². The number of benzene rings is 2. The molecule has 110 valence electrons. The van der Waals surface area contributed by atoms with Gasteiger partial charge in [0.2, 0.25) is 0 Å². The van der Waals surface area contributed by atoms with Gasteiger partial charge in [-0.15, -0.1) is 0 Å². The fourth-order valence-corrected chi connectivity index (χ4v) is 2.93. The molecule has 0 radical (unpaired) electrons. The predicted molar refractivity (Wildman–Crippen MR) is 80.2 cm³/mol. The van der Waals surface area contributed by atoms with Crippen molar-refractivity contribution in [1.29, 1.82) is 0 Å². The second kappa shape index (κ2) is 5.69. The number of carbonyl (C=O) groups excluding carboxylic acids is 1. The fourth-order valence-electron chi connectivity index (χ4n) is 2.01. The predicted octanol–water partition coefficient (Wildman–Crippen LogP) is 3.27. The largest absolute Gasteiger partial charge is 0.379 e. The van der Waals surface area contributed by atoms with Crippen LogP contribution < -0.4 is 4.18 Å². The van der Waals surface area contributed by atoms with Gasteiger partial charge in [0.1, 0.15) is 10.6 Å². The summed E-state index contributed by atoms with van der Waals surface area (Å²) in [5.74, 6) is 0.164. The summed E-state index contributed by atoms with van der Waals surface area (Å²) in [4.78, 5) is 11.2. The molecule has 0 N–H and O–H groups in total. The molecule has 4 nitrogen and oxygen atoms in total. The summed E-state index contributed by atoms with van der Waals surface area (Å²) in [6.07, 6.45) is 0. The molecule has 0 aliphatic rings. The van der Waals surface area contributed by atoms with E-state index in [1.165, 1.54) is 31.2 Å². The maximum Gasteiger partial charge on any atom is 0.339 e. The van der Waals surface area contributed by atoms with Gasteiger partial charge in [-0.2, -0.15) is 8.42 Å². The topological polar surface area (TPSA) is 60.4 Å². The van der Waals surface area contributed by atoms with E-state index in [0.717, 1.165) is 11.1 Å². The van der Waals surface area contributed by atoms with Crippen molar-refractivity contribution in [2.24, 2.45) is 0 Å². The highest BCUT2D eigenvalue weighted by Gasteiger charge is 2.17. The van der Waals surface area contributed by atoms with Gasteiger partial charge in [0.05, 0.1) is 0 Å². The van der Waals surface area contributed by atoms with Crippen LogP contribution in [0.5, 0.6) is 5.75 Å². The summed E-state index contributed by atoms with van der Waals surface area (Å²) in [7, 11) is -3.90. The van der Waals surface area contributed by atoms with Crippen LogP contribution in [-0.4, -0.2) is 14.2 Å². The number of Topliss-reactive ketones (excluding diaryl/α,β-unsaturated/α-hetero) is 1.